The molecular formula is C10H18N2O. The standard InChI is InChI=1S/C10H18N2O/c1-4-12-10(7-11)5-8(2)13-9(3)6-10/h8-9,12H,4-6H2,1-3H3. The average Bonchev–Trinajstić information content (AvgIpc) is 2.03. The van der Waals surface area contributed by atoms with Crippen molar-refractivity contribution in [1.29, 1.82) is 5.26 Å². The maximum Gasteiger partial charge on any atom is 0.111 e. The van der Waals surface area contributed by atoms with Crippen molar-refractivity contribution in [2.75, 3.05) is 6.54 Å². The largest absolute Gasteiger partial charge is 0.375 e. The van der Waals surface area contributed by atoms with Crippen molar-refractivity contribution >= 4 is 0 Å². The van der Waals surface area contributed by atoms with E-state index in [1.807, 2.05) is 20.8 Å². The van der Waals surface area contributed by atoms with E-state index in [0.717, 1.165) is 19.4 Å². The van der Waals surface area contributed by atoms with Gasteiger partial charge in [0, 0.05) is 12.8 Å². The van der Waals surface area contributed by atoms with Gasteiger partial charge in [0.15, 0.2) is 0 Å². The van der Waals surface area contributed by atoms with Crippen LogP contribution in [0.5, 0.6) is 0 Å². The molecule has 0 saturated carbocycles. The molecule has 0 amide bonds. The predicted molar refractivity (Wildman–Crippen MR) is 51.3 cm³/mol. The third-order valence-corrected chi connectivity index (χ3v) is 2.47. The summed E-state index contributed by atoms with van der Waals surface area (Å²) in [6, 6.07) is 2.39. The Labute approximate surface area is 80.1 Å². The minimum Gasteiger partial charge on any atom is -0.375 e. The quantitative estimate of drug-likeness (QED) is 0.703. The lowest BCUT2D eigenvalue weighted by Crippen LogP contribution is -2.52. The van der Waals surface area contributed by atoms with Crippen molar-refractivity contribution in [3.05, 3.63) is 0 Å². The van der Waals surface area contributed by atoms with Crippen LogP contribution in [0.4, 0.5) is 0 Å². The molecule has 1 aliphatic rings. The highest BCUT2D eigenvalue weighted by Crippen LogP contribution is 2.27. The number of hydrogen-bond acceptors (Lipinski definition) is 3. The monoisotopic (exact) mass is 182 g/mol. The molecule has 1 N–H and O–H groups in total. The van der Waals surface area contributed by atoms with Crippen LogP contribution >= 0.6 is 0 Å². The molecule has 3 nitrogen and oxygen atoms in total. The van der Waals surface area contributed by atoms with Crippen LogP contribution in [0.3, 0.4) is 0 Å². The molecule has 1 saturated heterocycles. The van der Waals surface area contributed by atoms with E-state index < -0.39 is 0 Å². The molecule has 13 heavy (non-hydrogen) atoms. The Morgan fingerprint density at radius 2 is 2.00 bits per heavy atom. The molecule has 0 aromatic heterocycles. The molecule has 0 bridgehead atoms. The van der Waals surface area contributed by atoms with Crippen LogP contribution in [-0.4, -0.2) is 24.3 Å². The van der Waals surface area contributed by atoms with Crippen LogP contribution in [0.2, 0.25) is 0 Å². The van der Waals surface area contributed by atoms with Gasteiger partial charge < -0.3 is 4.74 Å². The lowest BCUT2D eigenvalue weighted by atomic mass is 9.85. The first-order valence-corrected chi connectivity index (χ1v) is 4.93. The van der Waals surface area contributed by atoms with Crippen molar-refractivity contribution in [3.63, 3.8) is 0 Å². The van der Waals surface area contributed by atoms with Gasteiger partial charge in [-0.15, -0.1) is 0 Å². The van der Waals surface area contributed by atoms with Crippen molar-refractivity contribution in [1.82, 2.24) is 5.32 Å². The van der Waals surface area contributed by atoms with Gasteiger partial charge in [-0.3, -0.25) is 5.32 Å². The normalized spacial score (nSPS) is 39.8. The summed E-state index contributed by atoms with van der Waals surface area (Å²) < 4.78 is 5.60. The summed E-state index contributed by atoms with van der Waals surface area (Å²) in [4.78, 5) is 0. The van der Waals surface area contributed by atoms with E-state index in [4.69, 9.17) is 10.00 Å². The Morgan fingerprint density at radius 1 is 1.46 bits per heavy atom. The van der Waals surface area contributed by atoms with E-state index in [0.29, 0.717) is 0 Å². The highest BCUT2D eigenvalue weighted by Gasteiger charge is 2.37. The van der Waals surface area contributed by atoms with Crippen molar-refractivity contribution < 1.29 is 4.74 Å². The van der Waals surface area contributed by atoms with E-state index >= 15 is 0 Å². The van der Waals surface area contributed by atoms with Crippen LogP contribution in [0.25, 0.3) is 0 Å². The lowest BCUT2D eigenvalue weighted by Gasteiger charge is -2.38. The number of nitrogens with zero attached hydrogens (tertiary/aromatic N) is 1. The highest BCUT2D eigenvalue weighted by molar-refractivity contribution is 5.10. The number of rotatable bonds is 2. The minimum absolute atomic E-state index is 0.183. The molecule has 0 radical (unpaired) electrons. The summed E-state index contributed by atoms with van der Waals surface area (Å²) in [5, 5.41) is 12.4. The zero-order chi connectivity index (χ0) is 9.90. The van der Waals surface area contributed by atoms with Gasteiger partial charge in [0.25, 0.3) is 0 Å². The summed E-state index contributed by atoms with van der Waals surface area (Å²) in [6.07, 6.45) is 1.95. The molecule has 1 aliphatic heterocycles. The molecule has 0 spiro atoms. The van der Waals surface area contributed by atoms with Gasteiger partial charge in [0.2, 0.25) is 0 Å². The van der Waals surface area contributed by atoms with E-state index in [2.05, 4.69) is 11.4 Å². The van der Waals surface area contributed by atoms with Gasteiger partial charge in [-0.25, -0.2) is 0 Å². The Balaban J connectivity index is 2.69. The second-order valence-electron chi connectivity index (χ2n) is 3.89. The van der Waals surface area contributed by atoms with Gasteiger partial charge in [-0.05, 0) is 20.4 Å². The molecule has 2 unspecified atom stereocenters. The van der Waals surface area contributed by atoms with E-state index in [1.54, 1.807) is 0 Å². The second-order valence-corrected chi connectivity index (χ2v) is 3.89. The maximum absolute atomic E-state index is 9.14. The van der Waals surface area contributed by atoms with Gasteiger partial charge in [-0.1, -0.05) is 6.92 Å². The SMILES string of the molecule is CCNC1(C#N)CC(C)OC(C)C1. The number of nitrogens with one attached hydrogen (secondary N) is 1. The molecule has 3 heteroatoms. The lowest BCUT2D eigenvalue weighted by molar-refractivity contribution is -0.0559. The van der Waals surface area contributed by atoms with E-state index in [9.17, 15) is 0 Å². The van der Waals surface area contributed by atoms with Crippen molar-refractivity contribution in [2.24, 2.45) is 0 Å². The van der Waals surface area contributed by atoms with Crippen molar-refractivity contribution in [2.45, 2.75) is 51.4 Å². The number of hydrogen-bond donors (Lipinski definition) is 1. The molecule has 1 fully saturated rings. The first kappa shape index (κ1) is 10.5. The zero-order valence-corrected chi connectivity index (χ0v) is 8.63. The van der Waals surface area contributed by atoms with Crippen LogP contribution in [0, 0.1) is 11.3 Å². The summed E-state index contributed by atoms with van der Waals surface area (Å²) in [5.41, 5.74) is -0.355. The first-order valence-electron chi connectivity index (χ1n) is 4.93. The highest BCUT2D eigenvalue weighted by atomic mass is 16.5. The summed E-state index contributed by atoms with van der Waals surface area (Å²) >= 11 is 0. The van der Waals surface area contributed by atoms with Crippen LogP contribution in [0.1, 0.15) is 33.6 Å². The molecule has 74 valence electrons. The number of nitriles is 1. The molecule has 1 heterocycles. The van der Waals surface area contributed by atoms with Crippen LogP contribution < -0.4 is 5.32 Å². The Morgan fingerprint density at radius 3 is 2.38 bits per heavy atom. The first-order chi connectivity index (χ1) is 6.12. The molecule has 0 aliphatic carbocycles. The molecule has 0 aromatic carbocycles. The fourth-order valence-corrected chi connectivity index (χ4v) is 2.17. The maximum atomic E-state index is 9.14. The molecule has 2 atom stereocenters. The van der Waals surface area contributed by atoms with Crippen molar-refractivity contribution in [3.8, 4) is 6.07 Å². The summed E-state index contributed by atoms with van der Waals surface area (Å²) in [6.45, 7) is 6.93. The molecular weight excluding hydrogens is 164 g/mol. The van der Waals surface area contributed by atoms with Gasteiger partial charge >= 0.3 is 0 Å². The van der Waals surface area contributed by atoms with Gasteiger partial charge in [0.05, 0.1) is 18.3 Å². The smallest absolute Gasteiger partial charge is 0.111 e. The average molecular weight is 182 g/mol. The Bertz CT molecular complexity index is 199. The third-order valence-electron chi connectivity index (χ3n) is 2.47. The number of ether oxygens (including phenoxy) is 1. The Hall–Kier alpha value is -0.590. The summed E-state index contributed by atoms with van der Waals surface area (Å²) in [7, 11) is 0. The fraction of sp³-hybridized carbons (Fsp3) is 0.900. The fourth-order valence-electron chi connectivity index (χ4n) is 2.17. The van der Waals surface area contributed by atoms with E-state index in [1.165, 1.54) is 0 Å². The summed E-state index contributed by atoms with van der Waals surface area (Å²) in [5.74, 6) is 0. The van der Waals surface area contributed by atoms with E-state index in [-0.39, 0.29) is 17.7 Å². The zero-order valence-electron chi connectivity index (χ0n) is 8.63. The molecule has 0 aromatic rings. The van der Waals surface area contributed by atoms with Gasteiger partial charge in [0.1, 0.15) is 5.54 Å². The van der Waals surface area contributed by atoms with Gasteiger partial charge in [-0.2, -0.15) is 5.26 Å². The second kappa shape index (κ2) is 4.08. The van der Waals surface area contributed by atoms with Crippen LogP contribution in [-0.2, 0) is 4.74 Å². The van der Waals surface area contributed by atoms with Crippen LogP contribution in [0.15, 0.2) is 0 Å². The topological polar surface area (TPSA) is 45.0 Å². The molecule has 1 rings (SSSR count). The third kappa shape index (κ3) is 2.43. The Kier molecular flexibility index (Phi) is 3.29. The minimum atomic E-state index is -0.355. The predicted octanol–water partition coefficient (Wildman–Crippen LogP) is 1.45.